The van der Waals surface area contributed by atoms with Crippen LogP contribution >= 0.6 is 0 Å². The summed E-state index contributed by atoms with van der Waals surface area (Å²) < 4.78 is 28.8. The molecule has 1 aliphatic rings. The number of nitrogens with zero attached hydrogens (tertiary/aromatic N) is 3. The lowest BCUT2D eigenvalue weighted by molar-refractivity contribution is 0.0694. The Morgan fingerprint density at radius 3 is 2.72 bits per heavy atom. The molecule has 0 N–H and O–H groups in total. The predicted octanol–water partition coefficient (Wildman–Crippen LogP) is 2.11. The highest BCUT2D eigenvalue weighted by Gasteiger charge is 2.29. The summed E-state index contributed by atoms with van der Waals surface area (Å²) in [6, 6.07) is 4.67. The fraction of sp³-hybridized carbons (Fsp3) is 0.471. The predicted molar refractivity (Wildman–Crippen MR) is 91.2 cm³/mol. The largest absolute Gasteiger partial charge is 0.339 e. The van der Waals surface area contributed by atoms with Crippen LogP contribution < -0.4 is 0 Å². The fourth-order valence-electron chi connectivity index (χ4n) is 3.07. The Balaban J connectivity index is 1.85. The van der Waals surface area contributed by atoms with E-state index in [9.17, 15) is 13.2 Å². The van der Waals surface area contributed by atoms with E-state index in [-0.39, 0.29) is 16.7 Å². The van der Waals surface area contributed by atoms with Crippen molar-refractivity contribution in [2.45, 2.75) is 37.5 Å². The van der Waals surface area contributed by atoms with Gasteiger partial charge < -0.3 is 9.42 Å². The molecule has 134 valence electrons. The van der Waals surface area contributed by atoms with Crippen molar-refractivity contribution in [3.63, 3.8) is 0 Å². The van der Waals surface area contributed by atoms with Crippen LogP contribution in [0.25, 0.3) is 0 Å². The van der Waals surface area contributed by atoms with Crippen LogP contribution in [0.5, 0.6) is 0 Å². The number of piperidine rings is 1. The first-order valence-corrected chi connectivity index (χ1v) is 10.0. The van der Waals surface area contributed by atoms with Gasteiger partial charge in [0.15, 0.2) is 15.7 Å². The maximum atomic E-state index is 12.9. The molecule has 1 aromatic heterocycles. The van der Waals surface area contributed by atoms with Crippen molar-refractivity contribution in [2.75, 3.05) is 19.3 Å². The summed E-state index contributed by atoms with van der Waals surface area (Å²) in [7, 11) is -3.36. The van der Waals surface area contributed by atoms with Gasteiger partial charge in [0.2, 0.25) is 5.89 Å². The average Bonchev–Trinajstić information content (AvgIpc) is 3.00. The molecule has 0 radical (unpaired) electrons. The van der Waals surface area contributed by atoms with Gasteiger partial charge in [-0.3, -0.25) is 4.79 Å². The van der Waals surface area contributed by atoms with Crippen molar-refractivity contribution in [1.29, 1.82) is 0 Å². The zero-order valence-corrected chi connectivity index (χ0v) is 15.3. The van der Waals surface area contributed by atoms with E-state index in [1.54, 1.807) is 17.9 Å². The number of aryl methyl sites for hydroxylation is 2. The molecule has 0 saturated carbocycles. The first-order valence-electron chi connectivity index (χ1n) is 8.16. The van der Waals surface area contributed by atoms with Gasteiger partial charge in [0.25, 0.3) is 5.91 Å². The van der Waals surface area contributed by atoms with Crippen molar-refractivity contribution < 1.29 is 17.7 Å². The van der Waals surface area contributed by atoms with Crippen LogP contribution in [0.4, 0.5) is 0 Å². The van der Waals surface area contributed by atoms with Gasteiger partial charge in [-0.25, -0.2) is 8.42 Å². The normalized spacial score (nSPS) is 18.4. The smallest absolute Gasteiger partial charge is 0.254 e. The highest BCUT2D eigenvalue weighted by Crippen LogP contribution is 2.27. The number of hydrogen-bond donors (Lipinski definition) is 0. The topological polar surface area (TPSA) is 93.4 Å². The molecular formula is C17H21N3O4S. The second-order valence-corrected chi connectivity index (χ2v) is 8.53. The summed E-state index contributed by atoms with van der Waals surface area (Å²) in [4.78, 5) is 19.1. The van der Waals surface area contributed by atoms with E-state index in [0.29, 0.717) is 30.4 Å². The molecule has 1 atom stereocenters. The number of rotatable bonds is 3. The van der Waals surface area contributed by atoms with Crippen molar-refractivity contribution >= 4 is 15.7 Å². The summed E-state index contributed by atoms with van der Waals surface area (Å²) in [5.74, 6) is 0.980. The second kappa shape index (κ2) is 6.59. The number of hydrogen-bond acceptors (Lipinski definition) is 6. The van der Waals surface area contributed by atoms with Gasteiger partial charge in [-0.15, -0.1) is 0 Å². The Morgan fingerprint density at radius 2 is 2.08 bits per heavy atom. The molecule has 1 unspecified atom stereocenters. The molecule has 1 amide bonds. The Labute approximate surface area is 146 Å². The summed E-state index contributed by atoms with van der Waals surface area (Å²) in [5.41, 5.74) is 1.18. The summed E-state index contributed by atoms with van der Waals surface area (Å²) >= 11 is 0. The Bertz CT molecular complexity index is 904. The third kappa shape index (κ3) is 3.73. The standard InChI is InChI=1S/C17H21N3O4S/c1-11-6-7-14(25(3,22)23)9-15(11)17(21)20-8-4-5-13(10-20)16-18-12(2)19-24-16/h6-7,9,13H,4-5,8,10H2,1-3H3. The quantitative estimate of drug-likeness (QED) is 0.829. The van der Waals surface area contributed by atoms with Crippen molar-refractivity contribution in [1.82, 2.24) is 15.0 Å². The SMILES string of the molecule is Cc1noc(C2CCCN(C(=O)c3cc(S(C)(=O)=O)ccc3C)C2)n1. The lowest BCUT2D eigenvalue weighted by Gasteiger charge is -2.31. The molecule has 1 fully saturated rings. The summed E-state index contributed by atoms with van der Waals surface area (Å²) in [5, 5.41) is 3.82. The lowest BCUT2D eigenvalue weighted by atomic mass is 9.96. The third-order valence-electron chi connectivity index (χ3n) is 4.47. The van der Waals surface area contributed by atoms with E-state index >= 15 is 0 Å². The van der Waals surface area contributed by atoms with Gasteiger partial charge in [-0.2, -0.15) is 4.98 Å². The van der Waals surface area contributed by atoms with Crippen LogP contribution in [0.15, 0.2) is 27.6 Å². The number of aromatic nitrogens is 2. The number of sulfone groups is 1. The molecule has 0 aliphatic carbocycles. The highest BCUT2D eigenvalue weighted by atomic mass is 32.2. The average molecular weight is 363 g/mol. The third-order valence-corrected chi connectivity index (χ3v) is 5.58. The van der Waals surface area contributed by atoms with E-state index < -0.39 is 9.84 Å². The molecule has 2 aromatic rings. The fourth-order valence-corrected chi connectivity index (χ4v) is 3.72. The minimum Gasteiger partial charge on any atom is -0.339 e. The van der Waals surface area contributed by atoms with Gasteiger partial charge in [-0.05, 0) is 44.4 Å². The zero-order chi connectivity index (χ0) is 18.2. The molecule has 3 rings (SSSR count). The maximum Gasteiger partial charge on any atom is 0.254 e. The molecule has 1 aliphatic heterocycles. The van der Waals surface area contributed by atoms with Gasteiger partial charge in [0.05, 0.1) is 10.8 Å². The summed E-state index contributed by atoms with van der Waals surface area (Å²) in [6.07, 6.45) is 2.86. The Morgan fingerprint density at radius 1 is 1.32 bits per heavy atom. The highest BCUT2D eigenvalue weighted by molar-refractivity contribution is 7.90. The molecule has 7 nitrogen and oxygen atoms in total. The minimum atomic E-state index is -3.36. The molecule has 1 aromatic carbocycles. The van der Waals surface area contributed by atoms with Crippen LogP contribution in [0.2, 0.25) is 0 Å². The molecular weight excluding hydrogens is 342 g/mol. The van der Waals surface area contributed by atoms with Gasteiger partial charge in [0.1, 0.15) is 0 Å². The molecule has 8 heteroatoms. The van der Waals surface area contributed by atoms with E-state index in [4.69, 9.17) is 4.52 Å². The first kappa shape index (κ1) is 17.6. The Kier molecular flexibility index (Phi) is 4.64. The van der Waals surface area contributed by atoms with Gasteiger partial charge in [0, 0.05) is 24.9 Å². The van der Waals surface area contributed by atoms with Crippen LogP contribution in [-0.4, -0.2) is 48.7 Å². The van der Waals surface area contributed by atoms with E-state index in [1.807, 2.05) is 6.92 Å². The van der Waals surface area contributed by atoms with Crippen molar-refractivity contribution in [2.24, 2.45) is 0 Å². The van der Waals surface area contributed by atoms with E-state index in [0.717, 1.165) is 24.7 Å². The first-order chi connectivity index (χ1) is 11.8. The number of benzene rings is 1. The molecule has 25 heavy (non-hydrogen) atoms. The van der Waals surface area contributed by atoms with Gasteiger partial charge >= 0.3 is 0 Å². The van der Waals surface area contributed by atoms with E-state index in [1.165, 1.54) is 12.1 Å². The van der Waals surface area contributed by atoms with Gasteiger partial charge in [-0.1, -0.05) is 11.2 Å². The maximum absolute atomic E-state index is 12.9. The summed E-state index contributed by atoms with van der Waals surface area (Å²) in [6.45, 7) is 4.69. The van der Waals surface area contributed by atoms with E-state index in [2.05, 4.69) is 10.1 Å². The van der Waals surface area contributed by atoms with Crippen molar-refractivity contribution in [3.05, 3.63) is 41.0 Å². The van der Waals surface area contributed by atoms with Crippen LogP contribution in [-0.2, 0) is 9.84 Å². The molecule has 0 bridgehead atoms. The van der Waals surface area contributed by atoms with Crippen LogP contribution in [0.1, 0.15) is 46.4 Å². The zero-order valence-electron chi connectivity index (χ0n) is 14.5. The monoisotopic (exact) mass is 363 g/mol. The molecule has 2 heterocycles. The lowest BCUT2D eigenvalue weighted by Crippen LogP contribution is -2.39. The minimum absolute atomic E-state index is 0.0114. The molecule has 0 spiro atoms. The van der Waals surface area contributed by atoms with Crippen LogP contribution in [0, 0.1) is 13.8 Å². The van der Waals surface area contributed by atoms with Crippen molar-refractivity contribution in [3.8, 4) is 0 Å². The Hall–Kier alpha value is -2.22. The number of likely N-dealkylation sites (tertiary alicyclic amines) is 1. The van der Waals surface area contributed by atoms with Crippen LogP contribution in [0.3, 0.4) is 0 Å². The molecule has 1 saturated heterocycles. The second-order valence-electron chi connectivity index (χ2n) is 6.52. The number of amides is 1. The number of carbonyl (C=O) groups is 1. The number of carbonyl (C=O) groups excluding carboxylic acids is 1.